The quantitative estimate of drug-likeness (QED) is 0.550. The summed E-state index contributed by atoms with van der Waals surface area (Å²) in [6.07, 6.45) is 0.136. The van der Waals surface area contributed by atoms with Crippen molar-refractivity contribution >= 4 is 21.9 Å². The van der Waals surface area contributed by atoms with Crippen molar-refractivity contribution in [1.29, 1.82) is 0 Å². The summed E-state index contributed by atoms with van der Waals surface area (Å²) >= 11 is 0. The van der Waals surface area contributed by atoms with Gasteiger partial charge in [-0.1, -0.05) is 0 Å². The maximum atomic E-state index is 11.8. The smallest absolute Gasteiger partial charge is 0.322 e. The zero-order valence-electron chi connectivity index (χ0n) is 10.6. The zero-order valence-corrected chi connectivity index (χ0v) is 11.4. The molecule has 1 amide bonds. The molecule has 0 aromatic heterocycles. The van der Waals surface area contributed by atoms with Gasteiger partial charge in [0.15, 0.2) is 5.75 Å². The molecule has 0 bridgehead atoms. The Morgan fingerprint density at radius 3 is 2.74 bits per heavy atom. The first-order valence-corrected chi connectivity index (χ1v) is 7.63. The molecule has 2 heterocycles. The minimum absolute atomic E-state index is 0.0581. The normalized spacial score (nSPS) is 24.4. The Balaban J connectivity index is 1.90. The van der Waals surface area contributed by atoms with Gasteiger partial charge in [-0.25, -0.2) is 13.1 Å². The highest BCUT2D eigenvalue weighted by atomic mass is 32.2. The molecule has 2 N–H and O–H groups in total. The monoisotopic (exact) mass is 291 g/mol. The maximum Gasteiger partial charge on any atom is 0.322 e. The fraction of sp³-hybridized carbons (Fsp3) is 0.800. The van der Waals surface area contributed by atoms with Crippen LogP contribution in [0.1, 0.15) is 6.42 Å². The third-order valence-electron chi connectivity index (χ3n) is 3.24. The second-order valence-electron chi connectivity index (χ2n) is 4.71. The van der Waals surface area contributed by atoms with E-state index in [0.29, 0.717) is 6.54 Å². The first-order valence-electron chi connectivity index (χ1n) is 5.98. The van der Waals surface area contributed by atoms with Crippen LogP contribution in [0.2, 0.25) is 0 Å². The van der Waals surface area contributed by atoms with E-state index in [1.54, 1.807) is 4.90 Å². The summed E-state index contributed by atoms with van der Waals surface area (Å²) in [6, 6.07) is -0.314. The highest BCUT2D eigenvalue weighted by Gasteiger charge is 2.38. The van der Waals surface area contributed by atoms with Gasteiger partial charge >= 0.3 is 5.97 Å². The molecule has 2 aliphatic rings. The third kappa shape index (κ3) is 3.43. The van der Waals surface area contributed by atoms with Crippen LogP contribution in [0.3, 0.4) is 0 Å². The van der Waals surface area contributed by atoms with Gasteiger partial charge in [-0.3, -0.25) is 9.59 Å². The van der Waals surface area contributed by atoms with Gasteiger partial charge in [0.1, 0.15) is 0 Å². The molecule has 0 aliphatic carbocycles. The first-order chi connectivity index (χ1) is 8.91. The van der Waals surface area contributed by atoms with Gasteiger partial charge in [0.25, 0.3) is 0 Å². The van der Waals surface area contributed by atoms with Gasteiger partial charge in [0.2, 0.25) is 15.9 Å². The van der Waals surface area contributed by atoms with E-state index in [1.807, 2.05) is 0 Å². The number of rotatable bonds is 5. The third-order valence-corrected chi connectivity index (χ3v) is 4.55. The molecule has 8 nitrogen and oxygen atoms in total. The average Bonchev–Trinajstić information content (AvgIpc) is 2.55. The van der Waals surface area contributed by atoms with Crippen LogP contribution in [0.15, 0.2) is 0 Å². The molecule has 1 atom stereocenters. The summed E-state index contributed by atoms with van der Waals surface area (Å²) < 4.78 is 30.0. The molecule has 0 aromatic carbocycles. The van der Waals surface area contributed by atoms with Gasteiger partial charge in [0, 0.05) is 32.1 Å². The molecular weight excluding hydrogens is 274 g/mol. The Morgan fingerprint density at radius 1 is 1.53 bits per heavy atom. The van der Waals surface area contributed by atoms with Crippen molar-refractivity contribution < 1.29 is 22.7 Å². The number of hydrogen-bond acceptors (Lipinski definition) is 6. The number of amides is 1. The van der Waals surface area contributed by atoms with E-state index in [0.717, 1.165) is 20.2 Å². The van der Waals surface area contributed by atoms with Crippen LogP contribution < -0.4 is 10.0 Å². The second-order valence-corrected chi connectivity index (χ2v) is 6.47. The Morgan fingerprint density at radius 2 is 2.21 bits per heavy atom. The van der Waals surface area contributed by atoms with E-state index in [2.05, 4.69) is 14.8 Å². The fourth-order valence-electron chi connectivity index (χ4n) is 2.17. The minimum Gasteiger partial charge on any atom is -0.468 e. The summed E-state index contributed by atoms with van der Waals surface area (Å²) in [7, 11) is -2.63. The van der Waals surface area contributed by atoms with Crippen molar-refractivity contribution in [3.63, 3.8) is 0 Å². The number of sulfonamides is 1. The van der Waals surface area contributed by atoms with Crippen molar-refractivity contribution in [2.45, 2.75) is 18.5 Å². The highest BCUT2D eigenvalue weighted by Crippen LogP contribution is 2.17. The van der Waals surface area contributed by atoms with E-state index in [4.69, 9.17) is 0 Å². The van der Waals surface area contributed by atoms with Gasteiger partial charge in [-0.2, -0.15) is 0 Å². The molecule has 0 saturated carbocycles. The summed E-state index contributed by atoms with van der Waals surface area (Å²) in [6.45, 7) is 1.84. The Labute approximate surface area is 111 Å². The topological polar surface area (TPSA) is 105 Å². The highest BCUT2D eigenvalue weighted by molar-refractivity contribution is 7.90. The predicted octanol–water partition coefficient (Wildman–Crippen LogP) is -2.35. The van der Waals surface area contributed by atoms with Gasteiger partial charge in [-0.05, 0) is 0 Å². The lowest BCUT2D eigenvalue weighted by Gasteiger charge is -2.35. The summed E-state index contributed by atoms with van der Waals surface area (Å²) in [5.41, 5.74) is 0. The number of carbonyl (C=O) groups excluding carboxylic acids is 2. The number of ether oxygens (including phenoxy) is 1. The van der Waals surface area contributed by atoms with Crippen molar-refractivity contribution in [3.05, 3.63) is 0 Å². The molecule has 2 rings (SSSR count). The van der Waals surface area contributed by atoms with Crippen LogP contribution in [-0.4, -0.2) is 69.8 Å². The van der Waals surface area contributed by atoms with Crippen LogP contribution in [-0.2, 0) is 24.3 Å². The molecule has 2 aliphatic heterocycles. The van der Waals surface area contributed by atoms with Crippen molar-refractivity contribution in [2.75, 3.05) is 32.5 Å². The van der Waals surface area contributed by atoms with Crippen LogP contribution >= 0.6 is 0 Å². The fourth-order valence-corrected chi connectivity index (χ4v) is 3.34. The van der Waals surface area contributed by atoms with E-state index < -0.39 is 27.8 Å². The SMILES string of the molecule is COC(=O)CS(=O)(=O)NC1CC(=O)N(C2CNC2)C1. The lowest BCUT2D eigenvalue weighted by atomic mass is 10.1. The molecule has 2 fully saturated rings. The van der Waals surface area contributed by atoms with Crippen LogP contribution in [0.25, 0.3) is 0 Å². The number of carbonyl (C=O) groups is 2. The molecule has 19 heavy (non-hydrogen) atoms. The maximum absolute atomic E-state index is 11.8. The minimum atomic E-state index is -3.76. The Bertz CT molecular complexity index is 474. The van der Waals surface area contributed by atoms with Crippen molar-refractivity contribution in [2.24, 2.45) is 0 Å². The predicted molar refractivity (Wildman–Crippen MR) is 65.7 cm³/mol. The number of methoxy groups -OCH3 is 1. The Hall–Kier alpha value is -1.19. The lowest BCUT2D eigenvalue weighted by Crippen LogP contribution is -2.58. The number of esters is 1. The van der Waals surface area contributed by atoms with Gasteiger partial charge in [-0.15, -0.1) is 0 Å². The van der Waals surface area contributed by atoms with Gasteiger partial charge < -0.3 is 15.0 Å². The molecule has 0 radical (unpaired) electrons. The number of likely N-dealkylation sites (tertiary alicyclic amines) is 1. The lowest BCUT2D eigenvalue weighted by molar-refractivity contribution is -0.137. The molecule has 0 spiro atoms. The van der Waals surface area contributed by atoms with E-state index in [1.165, 1.54) is 0 Å². The van der Waals surface area contributed by atoms with Gasteiger partial charge in [0.05, 0.1) is 13.2 Å². The molecule has 0 aromatic rings. The number of nitrogens with zero attached hydrogens (tertiary/aromatic N) is 1. The van der Waals surface area contributed by atoms with E-state index in [-0.39, 0.29) is 18.4 Å². The summed E-state index contributed by atoms with van der Waals surface area (Å²) in [5, 5.41) is 3.06. The largest absolute Gasteiger partial charge is 0.468 e. The van der Waals surface area contributed by atoms with Crippen molar-refractivity contribution in [1.82, 2.24) is 14.9 Å². The molecule has 2 saturated heterocycles. The molecule has 1 unspecified atom stereocenters. The van der Waals surface area contributed by atoms with E-state index >= 15 is 0 Å². The van der Waals surface area contributed by atoms with Crippen LogP contribution in [0.5, 0.6) is 0 Å². The molecule has 9 heteroatoms. The van der Waals surface area contributed by atoms with Crippen LogP contribution in [0.4, 0.5) is 0 Å². The number of nitrogens with one attached hydrogen (secondary N) is 2. The molecular formula is C10H17N3O5S. The zero-order chi connectivity index (χ0) is 14.0. The summed E-state index contributed by atoms with van der Waals surface area (Å²) in [5.74, 6) is -1.60. The average molecular weight is 291 g/mol. The summed E-state index contributed by atoms with van der Waals surface area (Å²) in [4.78, 5) is 24.4. The second kappa shape index (κ2) is 5.43. The standard InChI is InChI=1S/C10H17N3O5S/c1-18-10(15)6-19(16,17)12-7-2-9(14)13(5-7)8-3-11-4-8/h7-8,11-12H,2-6H2,1H3. The van der Waals surface area contributed by atoms with Crippen molar-refractivity contribution in [3.8, 4) is 0 Å². The first kappa shape index (κ1) is 14.2. The Kier molecular flexibility index (Phi) is 4.07. The molecule has 108 valence electrons. The van der Waals surface area contributed by atoms with Crippen LogP contribution in [0, 0.1) is 0 Å². The number of hydrogen-bond donors (Lipinski definition) is 2. The van der Waals surface area contributed by atoms with E-state index in [9.17, 15) is 18.0 Å².